The van der Waals surface area contributed by atoms with Crippen LogP contribution in [0.2, 0.25) is 0 Å². The highest BCUT2D eigenvalue weighted by atomic mass is 16.5. The van der Waals surface area contributed by atoms with E-state index in [1.165, 1.54) is 19.3 Å². The maximum absolute atomic E-state index is 11.3. The van der Waals surface area contributed by atoms with Crippen molar-refractivity contribution in [2.45, 2.75) is 5.54 Å². The number of methoxy groups -OCH3 is 1. The van der Waals surface area contributed by atoms with E-state index in [0.717, 1.165) is 0 Å². The average Bonchev–Trinajstić information content (AvgIpc) is 2.26. The van der Waals surface area contributed by atoms with E-state index in [-0.39, 0.29) is 0 Å². The van der Waals surface area contributed by atoms with Crippen molar-refractivity contribution < 1.29 is 9.53 Å². The SMILES string of the molecule is COC(=O)C1(N)C=CC=CC(N)=C1. The van der Waals surface area contributed by atoms with Crippen LogP contribution < -0.4 is 11.5 Å². The standard InChI is InChI=1S/C9H12N2O2/c1-13-8(12)9(11)5-3-2-4-7(10)6-9/h2-6H,10-11H2,1H3. The second-order valence-electron chi connectivity index (χ2n) is 2.79. The molecule has 0 aromatic rings. The minimum Gasteiger partial charge on any atom is -0.467 e. The van der Waals surface area contributed by atoms with Gasteiger partial charge in [0.2, 0.25) is 0 Å². The number of allylic oxidation sites excluding steroid dienone is 3. The largest absolute Gasteiger partial charge is 0.467 e. The van der Waals surface area contributed by atoms with Gasteiger partial charge in [-0.15, -0.1) is 0 Å². The van der Waals surface area contributed by atoms with Crippen molar-refractivity contribution in [1.82, 2.24) is 0 Å². The van der Waals surface area contributed by atoms with Crippen LogP contribution in [0.1, 0.15) is 0 Å². The molecule has 0 aromatic heterocycles. The maximum atomic E-state index is 11.3. The van der Waals surface area contributed by atoms with Crippen molar-refractivity contribution in [2.24, 2.45) is 11.5 Å². The summed E-state index contributed by atoms with van der Waals surface area (Å²) in [6, 6.07) is 0. The summed E-state index contributed by atoms with van der Waals surface area (Å²) in [7, 11) is 1.28. The highest BCUT2D eigenvalue weighted by molar-refractivity contribution is 5.86. The lowest BCUT2D eigenvalue weighted by molar-refractivity contribution is -0.143. The monoisotopic (exact) mass is 180 g/mol. The van der Waals surface area contributed by atoms with Crippen molar-refractivity contribution in [1.29, 1.82) is 0 Å². The van der Waals surface area contributed by atoms with Crippen LogP contribution in [-0.2, 0) is 9.53 Å². The lowest BCUT2D eigenvalue weighted by Crippen LogP contribution is -2.45. The molecule has 0 spiro atoms. The molecular weight excluding hydrogens is 168 g/mol. The van der Waals surface area contributed by atoms with Gasteiger partial charge in [-0.2, -0.15) is 0 Å². The topological polar surface area (TPSA) is 78.3 Å². The molecule has 0 aliphatic heterocycles. The maximum Gasteiger partial charge on any atom is 0.334 e. The van der Waals surface area contributed by atoms with E-state index in [4.69, 9.17) is 11.5 Å². The van der Waals surface area contributed by atoms with Gasteiger partial charge >= 0.3 is 5.97 Å². The number of esters is 1. The molecular formula is C9H12N2O2. The van der Waals surface area contributed by atoms with Crippen LogP contribution in [0.5, 0.6) is 0 Å². The van der Waals surface area contributed by atoms with Gasteiger partial charge in [0.05, 0.1) is 7.11 Å². The third-order valence-corrected chi connectivity index (χ3v) is 1.72. The molecule has 70 valence electrons. The van der Waals surface area contributed by atoms with Crippen LogP contribution in [0.3, 0.4) is 0 Å². The van der Waals surface area contributed by atoms with Gasteiger partial charge in [-0.25, -0.2) is 4.79 Å². The van der Waals surface area contributed by atoms with Crippen molar-refractivity contribution in [3.63, 3.8) is 0 Å². The zero-order valence-corrected chi connectivity index (χ0v) is 7.36. The minimum absolute atomic E-state index is 0.443. The van der Waals surface area contributed by atoms with E-state index in [2.05, 4.69) is 4.74 Å². The highest BCUT2D eigenvalue weighted by Crippen LogP contribution is 2.12. The Kier molecular flexibility index (Phi) is 2.53. The molecule has 0 saturated carbocycles. The number of hydrogen-bond donors (Lipinski definition) is 2. The minimum atomic E-state index is -1.25. The number of nitrogens with two attached hydrogens (primary N) is 2. The van der Waals surface area contributed by atoms with Crippen LogP contribution in [0.15, 0.2) is 36.1 Å². The Morgan fingerprint density at radius 1 is 1.54 bits per heavy atom. The first-order chi connectivity index (χ1) is 6.08. The number of carbonyl (C=O) groups is 1. The van der Waals surface area contributed by atoms with E-state index >= 15 is 0 Å². The fourth-order valence-electron chi connectivity index (χ4n) is 1.06. The molecule has 1 aliphatic carbocycles. The molecule has 0 bridgehead atoms. The van der Waals surface area contributed by atoms with Gasteiger partial charge in [0, 0.05) is 5.70 Å². The summed E-state index contributed by atoms with van der Waals surface area (Å²) in [6.07, 6.45) is 8.03. The third kappa shape index (κ3) is 1.97. The molecule has 0 saturated heterocycles. The number of rotatable bonds is 1. The Balaban J connectivity index is 3.03. The highest BCUT2D eigenvalue weighted by Gasteiger charge is 2.30. The van der Waals surface area contributed by atoms with Crippen molar-refractivity contribution in [3.8, 4) is 0 Å². The number of ether oxygens (including phenoxy) is 1. The summed E-state index contributed by atoms with van der Waals surface area (Å²) >= 11 is 0. The van der Waals surface area contributed by atoms with E-state index < -0.39 is 11.5 Å². The first-order valence-electron chi connectivity index (χ1n) is 3.80. The average molecular weight is 180 g/mol. The Labute approximate surface area is 76.5 Å². The third-order valence-electron chi connectivity index (χ3n) is 1.72. The van der Waals surface area contributed by atoms with Gasteiger partial charge in [0.15, 0.2) is 5.54 Å². The van der Waals surface area contributed by atoms with Gasteiger partial charge in [0.1, 0.15) is 0 Å². The summed E-state index contributed by atoms with van der Waals surface area (Å²) in [5.74, 6) is -0.532. The predicted molar refractivity (Wildman–Crippen MR) is 49.5 cm³/mol. The molecule has 0 amide bonds. The zero-order valence-electron chi connectivity index (χ0n) is 7.36. The molecule has 0 radical (unpaired) electrons. The molecule has 13 heavy (non-hydrogen) atoms. The molecule has 4 N–H and O–H groups in total. The van der Waals surface area contributed by atoms with E-state index in [9.17, 15) is 4.79 Å². The van der Waals surface area contributed by atoms with Crippen LogP contribution in [0.4, 0.5) is 0 Å². The van der Waals surface area contributed by atoms with Gasteiger partial charge in [-0.3, -0.25) is 0 Å². The number of carbonyl (C=O) groups excluding carboxylic acids is 1. The molecule has 1 unspecified atom stereocenters. The van der Waals surface area contributed by atoms with Crippen molar-refractivity contribution >= 4 is 5.97 Å². The van der Waals surface area contributed by atoms with Crippen LogP contribution >= 0.6 is 0 Å². The number of hydrogen-bond acceptors (Lipinski definition) is 4. The Hall–Kier alpha value is -1.55. The lowest BCUT2D eigenvalue weighted by Gasteiger charge is -2.18. The fraction of sp³-hybridized carbons (Fsp3) is 0.222. The predicted octanol–water partition coefficient (Wildman–Crippen LogP) is -0.175. The van der Waals surface area contributed by atoms with E-state index in [1.54, 1.807) is 18.2 Å². The van der Waals surface area contributed by atoms with E-state index in [1.807, 2.05) is 0 Å². The Morgan fingerprint density at radius 3 is 2.85 bits per heavy atom. The fourth-order valence-corrected chi connectivity index (χ4v) is 1.06. The van der Waals surface area contributed by atoms with Gasteiger partial charge in [-0.05, 0) is 18.2 Å². The molecule has 4 nitrogen and oxygen atoms in total. The molecule has 1 aliphatic rings. The van der Waals surface area contributed by atoms with Crippen LogP contribution in [-0.4, -0.2) is 18.6 Å². The normalized spacial score (nSPS) is 26.5. The second-order valence-corrected chi connectivity index (χ2v) is 2.79. The van der Waals surface area contributed by atoms with Gasteiger partial charge in [-0.1, -0.05) is 12.2 Å². The van der Waals surface area contributed by atoms with Gasteiger partial charge in [0.25, 0.3) is 0 Å². The molecule has 0 fully saturated rings. The van der Waals surface area contributed by atoms with Gasteiger partial charge < -0.3 is 16.2 Å². The first kappa shape index (κ1) is 9.54. The lowest BCUT2D eigenvalue weighted by atomic mass is 10.00. The van der Waals surface area contributed by atoms with Crippen LogP contribution in [0, 0.1) is 0 Å². The summed E-state index contributed by atoms with van der Waals surface area (Å²) in [5.41, 5.74) is 10.5. The quantitative estimate of drug-likeness (QED) is 0.549. The summed E-state index contributed by atoms with van der Waals surface area (Å²) < 4.78 is 4.55. The van der Waals surface area contributed by atoms with Crippen molar-refractivity contribution in [2.75, 3.05) is 7.11 Å². The second kappa shape index (κ2) is 3.45. The Morgan fingerprint density at radius 2 is 2.23 bits per heavy atom. The Bertz CT molecular complexity index is 305. The molecule has 0 heterocycles. The summed E-state index contributed by atoms with van der Waals surface area (Å²) in [4.78, 5) is 11.3. The molecule has 0 aromatic carbocycles. The zero-order chi connectivity index (χ0) is 9.90. The van der Waals surface area contributed by atoms with Crippen molar-refractivity contribution in [3.05, 3.63) is 36.1 Å². The van der Waals surface area contributed by atoms with Crippen LogP contribution in [0.25, 0.3) is 0 Å². The summed E-state index contributed by atoms with van der Waals surface area (Å²) in [5, 5.41) is 0. The van der Waals surface area contributed by atoms with E-state index in [0.29, 0.717) is 5.70 Å². The molecule has 1 rings (SSSR count). The molecule has 1 atom stereocenters. The smallest absolute Gasteiger partial charge is 0.334 e. The summed E-state index contributed by atoms with van der Waals surface area (Å²) in [6.45, 7) is 0. The first-order valence-corrected chi connectivity index (χ1v) is 3.80. The molecule has 4 heteroatoms.